The highest BCUT2D eigenvalue weighted by Crippen LogP contribution is 2.30. The topological polar surface area (TPSA) is 76.3 Å². The molecule has 0 N–H and O–H groups in total. The van der Waals surface area contributed by atoms with Crippen molar-refractivity contribution in [3.63, 3.8) is 0 Å². The third kappa shape index (κ3) is 4.35. The molecule has 0 unspecified atom stereocenters. The summed E-state index contributed by atoms with van der Waals surface area (Å²) in [7, 11) is 0. The molecular formula is C17H20N6. The summed E-state index contributed by atoms with van der Waals surface area (Å²) in [4.78, 5) is 25.3. The summed E-state index contributed by atoms with van der Waals surface area (Å²) in [6, 6.07) is 0. The van der Waals surface area contributed by atoms with Crippen molar-refractivity contribution in [2.45, 2.75) is 33.6 Å². The van der Waals surface area contributed by atoms with Crippen molar-refractivity contribution in [1.82, 2.24) is 19.9 Å². The van der Waals surface area contributed by atoms with Gasteiger partial charge < -0.3 is 0 Å². The molecule has 6 heteroatoms. The predicted molar refractivity (Wildman–Crippen MR) is 91.8 cm³/mol. The lowest BCUT2D eigenvalue weighted by atomic mass is 9.89. The molecule has 0 spiro atoms. The Morgan fingerprint density at radius 2 is 1.39 bits per heavy atom. The number of hydrogen-bond acceptors (Lipinski definition) is 5. The van der Waals surface area contributed by atoms with Crippen LogP contribution in [-0.2, 0) is 0 Å². The number of nitrogens with zero attached hydrogens (tertiary/aromatic N) is 6. The zero-order chi connectivity index (χ0) is 16.8. The second-order valence-electron chi connectivity index (χ2n) is 5.27. The Morgan fingerprint density at radius 1 is 0.957 bits per heavy atom. The van der Waals surface area contributed by atoms with Gasteiger partial charge in [-0.2, -0.15) is 0 Å². The first kappa shape index (κ1) is 16.6. The first-order chi connectivity index (χ1) is 11.0. The van der Waals surface area contributed by atoms with E-state index in [-0.39, 0.29) is 5.92 Å². The van der Waals surface area contributed by atoms with Gasteiger partial charge in [0.15, 0.2) is 0 Å². The molecule has 2 aromatic heterocycles. The lowest BCUT2D eigenvalue weighted by Crippen LogP contribution is -2.06. The lowest BCUT2D eigenvalue weighted by molar-refractivity contribution is 0.871. The van der Waals surface area contributed by atoms with Crippen molar-refractivity contribution in [3.05, 3.63) is 59.3 Å². The average molecular weight is 308 g/mol. The van der Waals surface area contributed by atoms with Gasteiger partial charge in [-0.1, -0.05) is 0 Å². The number of aromatic nitrogens is 4. The van der Waals surface area contributed by atoms with Crippen molar-refractivity contribution in [2.75, 3.05) is 0 Å². The van der Waals surface area contributed by atoms with Crippen LogP contribution in [0.15, 0.2) is 46.5 Å². The van der Waals surface area contributed by atoms with E-state index in [9.17, 15) is 0 Å². The Hall–Kier alpha value is -2.76. The Balaban J connectivity index is 2.48. The van der Waals surface area contributed by atoms with Gasteiger partial charge in [-0.05, 0) is 40.0 Å². The van der Waals surface area contributed by atoms with E-state index in [1.54, 1.807) is 13.1 Å². The van der Waals surface area contributed by atoms with Crippen molar-refractivity contribution >= 4 is 12.6 Å². The van der Waals surface area contributed by atoms with Crippen molar-refractivity contribution in [1.29, 1.82) is 0 Å². The standard InChI is InChI=1S/C17H20N6/c1-11(6-19-12(2)18-5)17(15-7-20-13(3)21-8-15)16-9-22-14(4)23-10-16/h6-10,17H,5H2,1-4H3/b11-6+,19-12-. The van der Waals surface area contributed by atoms with E-state index in [0.29, 0.717) is 5.84 Å². The Labute approximate surface area is 136 Å². The molecule has 0 amide bonds. The quantitative estimate of drug-likeness (QED) is 0.642. The molecule has 0 aliphatic carbocycles. The van der Waals surface area contributed by atoms with Crippen LogP contribution in [0.4, 0.5) is 0 Å². The average Bonchev–Trinajstić information content (AvgIpc) is 2.56. The van der Waals surface area contributed by atoms with Crippen molar-refractivity contribution in [3.8, 4) is 0 Å². The minimum Gasteiger partial charge on any atom is -0.250 e. The van der Waals surface area contributed by atoms with Crippen LogP contribution < -0.4 is 0 Å². The largest absolute Gasteiger partial charge is 0.250 e. The monoisotopic (exact) mass is 308 g/mol. The molecule has 2 rings (SSSR count). The minimum atomic E-state index is -0.0578. The number of amidine groups is 1. The highest BCUT2D eigenvalue weighted by molar-refractivity contribution is 5.84. The van der Waals surface area contributed by atoms with Crippen LogP contribution in [0.5, 0.6) is 0 Å². The molecule has 0 fully saturated rings. The van der Waals surface area contributed by atoms with Crippen LogP contribution >= 0.6 is 0 Å². The molecule has 6 nitrogen and oxygen atoms in total. The van der Waals surface area contributed by atoms with Crippen molar-refractivity contribution < 1.29 is 0 Å². The number of allylic oxidation sites excluding steroid dienone is 1. The third-order valence-electron chi connectivity index (χ3n) is 3.41. The first-order valence-electron chi connectivity index (χ1n) is 7.26. The highest BCUT2D eigenvalue weighted by Gasteiger charge is 2.18. The van der Waals surface area contributed by atoms with E-state index in [0.717, 1.165) is 28.3 Å². The molecule has 0 bridgehead atoms. The molecule has 0 aliphatic rings. The minimum absolute atomic E-state index is 0.0578. The molecule has 0 atom stereocenters. The SMILES string of the molecule is C=N/C(C)=N\C=C(/C)C(c1cnc(C)nc1)c1cnc(C)nc1. The maximum Gasteiger partial charge on any atom is 0.125 e. The predicted octanol–water partition coefficient (Wildman–Crippen LogP) is 3.04. The maximum atomic E-state index is 4.29. The number of hydrogen-bond donors (Lipinski definition) is 0. The maximum absolute atomic E-state index is 4.29. The summed E-state index contributed by atoms with van der Waals surface area (Å²) in [6.45, 7) is 11.0. The molecule has 23 heavy (non-hydrogen) atoms. The third-order valence-corrected chi connectivity index (χ3v) is 3.41. The second-order valence-corrected chi connectivity index (χ2v) is 5.27. The van der Waals surface area contributed by atoms with Gasteiger partial charge in [0.2, 0.25) is 0 Å². The second kappa shape index (κ2) is 7.49. The zero-order valence-electron chi connectivity index (χ0n) is 13.9. The van der Waals surface area contributed by atoms with E-state index in [2.05, 4.69) is 36.6 Å². The molecule has 0 saturated heterocycles. The van der Waals surface area contributed by atoms with Crippen LogP contribution in [0.3, 0.4) is 0 Å². The van der Waals surface area contributed by atoms with Crippen LogP contribution in [-0.4, -0.2) is 32.5 Å². The zero-order valence-corrected chi connectivity index (χ0v) is 13.9. The summed E-state index contributed by atoms with van der Waals surface area (Å²) in [5, 5.41) is 0. The van der Waals surface area contributed by atoms with Crippen molar-refractivity contribution in [2.24, 2.45) is 9.98 Å². The fourth-order valence-corrected chi connectivity index (χ4v) is 2.13. The van der Waals surface area contributed by atoms with Crippen LogP contribution in [0.25, 0.3) is 0 Å². The van der Waals surface area contributed by atoms with Gasteiger partial charge in [0, 0.05) is 48.0 Å². The summed E-state index contributed by atoms with van der Waals surface area (Å²) in [5.74, 6) is 2.03. The van der Waals surface area contributed by atoms with E-state index < -0.39 is 0 Å². The van der Waals surface area contributed by atoms with Gasteiger partial charge in [0.1, 0.15) is 17.5 Å². The summed E-state index contributed by atoms with van der Waals surface area (Å²) in [6.07, 6.45) is 9.09. The van der Waals surface area contributed by atoms with Gasteiger partial charge in [-0.25, -0.2) is 29.9 Å². The van der Waals surface area contributed by atoms with Crippen LogP contribution in [0.1, 0.15) is 42.5 Å². The van der Waals surface area contributed by atoms with Gasteiger partial charge in [0.05, 0.1) is 0 Å². The van der Waals surface area contributed by atoms with Gasteiger partial charge in [-0.15, -0.1) is 0 Å². The fraction of sp³-hybridized carbons (Fsp3) is 0.294. The smallest absolute Gasteiger partial charge is 0.125 e. The van der Waals surface area contributed by atoms with Crippen LogP contribution in [0.2, 0.25) is 0 Å². The molecule has 0 aromatic carbocycles. The lowest BCUT2D eigenvalue weighted by Gasteiger charge is -2.17. The molecule has 2 heterocycles. The van der Waals surface area contributed by atoms with E-state index in [4.69, 9.17) is 0 Å². The Morgan fingerprint density at radius 3 is 1.78 bits per heavy atom. The highest BCUT2D eigenvalue weighted by atomic mass is 14.9. The number of aliphatic imine (C=N–C) groups is 2. The van der Waals surface area contributed by atoms with Gasteiger partial charge in [-0.3, -0.25) is 0 Å². The summed E-state index contributed by atoms with van der Waals surface area (Å²) < 4.78 is 0. The summed E-state index contributed by atoms with van der Waals surface area (Å²) >= 11 is 0. The van der Waals surface area contributed by atoms with E-state index in [1.807, 2.05) is 45.6 Å². The summed E-state index contributed by atoms with van der Waals surface area (Å²) in [5.41, 5.74) is 2.96. The van der Waals surface area contributed by atoms with Crippen LogP contribution in [0, 0.1) is 13.8 Å². The number of aryl methyl sites for hydroxylation is 2. The Bertz CT molecular complexity index is 683. The normalized spacial score (nSPS) is 12.6. The molecule has 0 radical (unpaired) electrons. The first-order valence-corrected chi connectivity index (χ1v) is 7.26. The van der Waals surface area contributed by atoms with E-state index >= 15 is 0 Å². The molecule has 118 valence electrons. The molecular weight excluding hydrogens is 288 g/mol. The van der Waals surface area contributed by atoms with Gasteiger partial charge in [0.25, 0.3) is 0 Å². The molecule has 0 aliphatic heterocycles. The molecule has 2 aromatic rings. The van der Waals surface area contributed by atoms with Gasteiger partial charge >= 0.3 is 0 Å². The van der Waals surface area contributed by atoms with E-state index in [1.165, 1.54) is 0 Å². The number of rotatable bonds is 4. The molecule has 0 saturated carbocycles. The Kier molecular flexibility index (Phi) is 5.41. The fourth-order valence-electron chi connectivity index (χ4n) is 2.13.